The van der Waals surface area contributed by atoms with Crippen LogP contribution in [-0.2, 0) is 11.2 Å². The highest BCUT2D eigenvalue weighted by molar-refractivity contribution is 6.06. The molecular formula is C10H7N3O2. The summed E-state index contributed by atoms with van der Waals surface area (Å²) in [4.78, 5) is 13.2. The average molecular weight is 201 g/mol. The van der Waals surface area contributed by atoms with Crippen LogP contribution in [0.5, 0.6) is 0 Å². The van der Waals surface area contributed by atoms with Crippen LogP contribution in [0.4, 0.5) is 11.6 Å². The Bertz CT molecular complexity index is 507. The van der Waals surface area contributed by atoms with Crippen molar-refractivity contribution >= 4 is 17.5 Å². The molecule has 0 unspecified atom stereocenters. The molecule has 15 heavy (non-hydrogen) atoms. The summed E-state index contributed by atoms with van der Waals surface area (Å²) in [7, 11) is 0. The molecule has 0 aliphatic carbocycles. The van der Waals surface area contributed by atoms with Crippen LogP contribution in [0.1, 0.15) is 5.56 Å². The van der Waals surface area contributed by atoms with Gasteiger partial charge in [-0.3, -0.25) is 4.79 Å². The zero-order chi connectivity index (χ0) is 10.3. The molecule has 0 atom stereocenters. The van der Waals surface area contributed by atoms with Crippen LogP contribution >= 0.6 is 0 Å². The second kappa shape index (κ2) is 2.91. The van der Waals surface area contributed by atoms with Crippen molar-refractivity contribution < 1.29 is 9.32 Å². The fourth-order valence-electron chi connectivity index (χ4n) is 1.76. The molecule has 3 rings (SSSR count). The maximum atomic E-state index is 11.7. The number of benzene rings is 1. The number of aromatic nitrogens is 2. The molecule has 1 aromatic heterocycles. The van der Waals surface area contributed by atoms with Gasteiger partial charge in [-0.2, -0.15) is 0 Å². The summed E-state index contributed by atoms with van der Waals surface area (Å²) >= 11 is 0. The van der Waals surface area contributed by atoms with Crippen molar-refractivity contribution in [3.8, 4) is 0 Å². The Morgan fingerprint density at radius 3 is 3.00 bits per heavy atom. The molecule has 1 aliphatic rings. The quantitative estimate of drug-likeness (QED) is 0.697. The summed E-state index contributed by atoms with van der Waals surface area (Å²) in [6, 6.07) is 7.60. The van der Waals surface area contributed by atoms with Crippen molar-refractivity contribution in [1.29, 1.82) is 0 Å². The number of carbonyl (C=O) groups is 1. The molecule has 5 heteroatoms. The molecule has 0 saturated carbocycles. The van der Waals surface area contributed by atoms with E-state index in [1.807, 2.05) is 24.3 Å². The normalized spacial score (nSPS) is 14.4. The van der Waals surface area contributed by atoms with Crippen molar-refractivity contribution in [3.05, 3.63) is 36.0 Å². The standard InChI is InChI=1S/C10H7N3O2/c14-9-5-7-3-1-2-4-8(7)13(9)10-6-11-12-15-10/h1-4,6H,5H2. The predicted molar refractivity (Wildman–Crippen MR) is 51.6 cm³/mol. The predicted octanol–water partition coefficient (Wildman–Crippen LogP) is 1.29. The minimum Gasteiger partial charge on any atom is -0.318 e. The number of hydrogen-bond acceptors (Lipinski definition) is 4. The minimum absolute atomic E-state index is 0.0187. The van der Waals surface area contributed by atoms with E-state index in [0.29, 0.717) is 12.3 Å². The lowest BCUT2D eigenvalue weighted by atomic mass is 10.2. The molecule has 2 aromatic rings. The highest BCUT2D eigenvalue weighted by Crippen LogP contribution is 2.34. The first-order valence-electron chi connectivity index (χ1n) is 4.54. The lowest BCUT2D eigenvalue weighted by molar-refractivity contribution is -0.116. The maximum Gasteiger partial charge on any atom is 0.259 e. The highest BCUT2D eigenvalue weighted by Gasteiger charge is 2.30. The second-order valence-electron chi connectivity index (χ2n) is 3.29. The van der Waals surface area contributed by atoms with Gasteiger partial charge in [-0.05, 0) is 11.6 Å². The molecule has 1 aromatic carbocycles. The van der Waals surface area contributed by atoms with E-state index in [-0.39, 0.29) is 5.91 Å². The monoisotopic (exact) mass is 201 g/mol. The molecule has 74 valence electrons. The molecule has 0 saturated heterocycles. The first-order valence-corrected chi connectivity index (χ1v) is 4.54. The van der Waals surface area contributed by atoms with Crippen molar-refractivity contribution in [2.45, 2.75) is 6.42 Å². The summed E-state index contributed by atoms with van der Waals surface area (Å²) in [6.07, 6.45) is 1.83. The van der Waals surface area contributed by atoms with Crippen LogP contribution in [0.25, 0.3) is 0 Å². The summed E-state index contributed by atoms with van der Waals surface area (Å²) in [6.45, 7) is 0. The molecule has 0 radical (unpaired) electrons. The van der Waals surface area contributed by atoms with Gasteiger partial charge < -0.3 is 4.52 Å². The van der Waals surface area contributed by atoms with Gasteiger partial charge in [0, 0.05) is 5.27 Å². The summed E-state index contributed by atoms with van der Waals surface area (Å²) in [5.74, 6) is 0.347. The number of nitrogens with zero attached hydrogens (tertiary/aromatic N) is 3. The Labute approximate surface area is 85.3 Å². The Kier molecular flexibility index (Phi) is 1.58. The van der Waals surface area contributed by atoms with E-state index in [0.717, 1.165) is 11.3 Å². The van der Waals surface area contributed by atoms with Crippen molar-refractivity contribution in [1.82, 2.24) is 10.4 Å². The number of fused-ring (bicyclic) bond motifs is 1. The van der Waals surface area contributed by atoms with E-state index in [1.165, 1.54) is 11.1 Å². The number of amides is 1. The van der Waals surface area contributed by atoms with Crippen molar-refractivity contribution in [3.63, 3.8) is 0 Å². The van der Waals surface area contributed by atoms with Crippen molar-refractivity contribution in [2.24, 2.45) is 0 Å². The van der Waals surface area contributed by atoms with E-state index < -0.39 is 0 Å². The molecule has 1 amide bonds. The van der Waals surface area contributed by atoms with Gasteiger partial charge in [0.15, 0.2) is 0 Å². The molecule has 0 bridgehead atoms. The number of hydrogen-bond donors (Lipinski definition) is 0. The Morgan fingerprint density at radius 1 is 1.33 bits per heavy atom. The fraction of sp³-hybridized carbons (Fsp3) is 0.100. The smallest absolute Gasteiger partial charge is 0.259 e. The molecule has 0 fully saturated rings. The summed E-state index contributed by atoms with van der Waals surface area (Å²) in [5.41, 5.74) is 1.85. The van der Waals surface area contributed by atoms with Crippen LogP contribution in [0.2, 0.25) is 0 Å². The van der Waals surface area contributed by atoms with Gasteiger partial charge in [-0.1, -0.05) is 18.2 Å². The van der Waals surface area contributed by atoms with E-state index >= 15 is 0 Å². The number of rotatable bonds is 1. The molecule has 0 N–H and O–H groups in total. The van der Waals surface area contributed by atoms with Crippen molar-refractivity contribution in [2.75, 3.05) is 4.90 Å². The molecule has 0 spiro atoms. The number of anilines is 2. The number of para-hydroxylation sites is 1. The Morgan fingerprint density at radius 2 is 2.20 bits per heavy atom. The second-order valence-corrected chi connectivity index (χ2v) is 3.29. The molecular weight excluding hydrogens is 194 g/mol. The zero-order valence-electron chi connectivity index (χ0n) is 7.75. The van der Waals surface area contributed by atoms with Crippen LogP contribution in [0.3, 0.4) is 0 Å². The largest absolute Gasteiger partial charge is 0.318 e. The molecule has 1 aliphatic heterocycles. The van der Waals surface area contributed by atoms with Gasteiger partial charge in [0.1, 0.15) is 6.20 Å². The fourth-order valence-corrected chi connectivity index (χ4v) is 1.76. The SMILES string of the molecule is O=C1Cc2ccccc2N1c1cnno1. The lowest BCUT2D eigenvalue weighted by Gasteiger charge is -2.11. The summed E-state index contributed by atoms with van der Waals surface area (Å²) in [5, 5.41) is 6.92. The third-order valence-electron chi connectivity index (χ3n) is 2.39. The van der Waals surface area contributed by atoms with Crippen LogP contribution < -0.4 is 4.90 Å². The minimum atomic E-state index is -0.0187. The third kappa shape index (κ3) is 1.13. The average Bonchev–Trinajstić information content (AvgIpc) is 2.82. The van der Waals surface area contributed by atoms with Gasteiger partial charge in [0.2, 0.25) is 5.91 Å². The van der Waals surface area contributed by atoms with Gasteiger partial charge in [-0.25, -0.2) is 4.90 Å². The van der Waals surface area contributed by atoms with Gasteiger partial charge in [0.25, 0.3) is 5.88 Å². The Balaban J connectivity index is 2.14. The van der Waals surface area contributed by atoms with Crippen LogP contribution in [0.15, 0.2) is 35.0 Å². The number of carbonyl (C=O) groups excluding carboxylic acids is 1. The zero-order valence-corrected chi connectivity index (χ0v) is 7.75. The molecule has 5 nitrogen and oxygen atoms in total. The molecule has 2 heterocycles. The van der Waals surface area contributed by atoms with Gasteiger partial charge >= 0.3 is 0 Å². The first kappa shape index (κ1) is 8.16. The van der Waals surface area contributed by atoms with Gasteiger partial charge in [0.05, 0.1) is 12.1 Å². The highest BCUT2D eigenvalue weighted by atomic mass is 16.5. The first-order chi connectivity index (χ1) is 7.36. The topological polar surface area (TPSA) is 59.2 Å². The third-order valence-corrected chi connectivity index (χ3v) is 2.39. The van der Waals surface area contributed by atoms with E-state index in [4.69, 9.17) is 4.52 Å². The lowest BCUT2D eigenvalue weighted by Crippen LogP contribution is -2.20. The summed E-state index contributed by atoms with van der Waals surface area (Å²) < 4.78 is 4.89. The van der Waals surface area contributed by atoms with Crippen LogP contribution in [-0.4, -0.2) is 16.3 Å². The van der Waals surface area contributed by atoms with E-state index in [9.17, 15) is 4.79 Å². The van der Waals surface area contributed by atoms with Crippen LogP contribution in [0, 0.1) is 0 Å². The maximum absolute atomic E-state index is 11.7. The van der Waals surface area contributed by atoms with E-state index in [1.54, 1.807) is 0 Å². The van der Waals surface area contributed by atoms with Gasteiger partial charge in [-0.15, -0.1) is 5.10 Å². The van der Waals surface area contributed by atoms with E-state index in [2.05, 4.69) is 10.4 Å². The Hall–Kier alpha value is -2.17.